The quantitative estimate of drug-likeness (QED) is 0.118. The number of carboxylic acid groups (broad SMARTS) is 2. The molecule has 0 atom stereocenters. The van der Waals surface area contributed by atoms with E-state index in [1.807, 2.05) is 0 Å². The summed E-state index contributed by atoms with van der Waals surface area (Å²) >= 11 is 2.76. The van der Waals surface area contributed by atoms with Gasteiger partial charge in [-0.3, -0.25) is 9.59 Å². The number of nitrogens with zero attached hydrogens (tertiary/aromatic N) is 2. The van der Waals surface area contributed by atoms with E-state index in [2.05, 4.69) is 33.8 Å². The molecule has 0 aliphatic heterocycles. The fourth-order valence-electron chi connectivity index (χ4n) is 3.85. The van der Waals surface area contributed by atoms with Crippen molar-refractivity contribution in [1.29, 1.82) is 0 Å². The van der Waals surface area contributed by atoms with Gasteiger partial charge in [-0.05, 0) is 37.8 Å². The Kier molecular flexibility index (Phi) is 19.0. The van der Waals surface area contributed by atoms with Crippen LogP contribution in [0, 0.1) is 0 Å². The second kappa shape index (κ2) is 19.7. The van der Waals surface area contributed by atoms with Crippen LogP contribution in [0.15, 0.2) is 21.7 Å². The minimum Gasteiger partial charge on any atom is -0.542 e. The minimum atomic E-state index is -1.46. The number of aryl methyl sites for hydroxylation is 2. The Balaban J connectivity index is 0.000000727. The number of aromatic nitrogens is 4. The van der Waals surface area contributed by atoms with Crippen LogP contribution in [0.3, 0.4) is 0 Å². The average molecular weight is 623 g/mol. The Hall–Kier alpha value is -1.42. The van der Waals surface area contributed by atoms with Crippen molar-refractivity contribution in [2.24, 2.45) is 0 Å². The molecule has 0 aliphatic rings. The molecule has 0 fully saturated rings. The first-order valence-electron chi connectivity index (χ1n) is 12.7. The van der Waals surface area contributed by atoms with Gasteiger partial charge in [0, 0.05) is 9.75 Å². The first-order chi connectivity index (χ1) is 18.2. The van der Waals surface area contributed by atoms with E-state index in [0.29, 0.717) is 20.4 Å². The normalized spacial score (nSPS) is 10.2. The standard InChI is InChI=1S/2C13H16N2O3S.2Na.H2O/c2*1-2-3-4-5-6-8-7-9-11(16)14-10(13(17)18)15-12(9)19-8;;;/h2*7H,2-6H2,1H3,(H,17,18)(H,14,15,16);;;1H2/q;;2*+1;/p-2. The molecule has 41 heavy (non-hydrogen) atoms. The Morgan fingerprint density at radius 1 is 0.707 bits per heavy atom. The molecule has 4 aromatic rings. The van der Waals surface area contributed by atoms with E-state index >= 15 is 0 Å². The number of hydrogen-bond acceptors (Lipinski definition) is 10. The van der Waals surface area contributed by atoms with Crippen molar-refractivity contribution in [1.82, 2.24) is 19.9 Å². The van der Waals surface area contributed by atoms with E-state index in [1.165, 1.54) is 61.2 Å². The maximum Gasteiger partial charge on any atom is 1.00 e. The van der Waals surface area contributed by atoms with Crippen molar-refractivity contribution >= 4 is 55.0 Å². The summed E-state index contributed by atoms with van der Waals surface area (Å²) in [6.45, 7) is 4.31. The number of nitrogens with one attached hydrogen (secondary N) is 2. The molecule has 0 unspecified atom stereocenters. The van der Waals surface area contributed by atoms with Gasteiger partial charge in [-0.1, -0.05) is 52.4 Å². The summed E-state index contributed by atoms with van der Waals surface area (Å²) in [5.41, 5.74) is -0.833. The largest absolute Gasteiger partial charge is 1.00 e. The molecule has 4 N–H and O–H groups in total. The number of H-pyrrole nitrogens is 2. The van der Waals surface area contributed by atoms with Crippen LogP contribution in [0.5, 0.6) is 0 Å². The molecule has 15 heteroatoms. The van der Waals surface area contributed by atoms with Crippen LogP contribution in [0.25, 0.3) is 20.4 Å². The predicted octanol–water partition coefficient (Wildman–Crippen LogP) is -3.87. The molecule has 0 aliphatic carbocycles. The summed E-state index contributed by atoms with van der Waals surface area (Å²) in [4.78, 5) is 60.2. The summed E-state index contributed by atoms with van der Waals surface area (Å²) < 4.78 is 0. The summed E-state index contributed by atoms with van der Waals surface area (Å²) in [7, 11) is 0. The molecule has 0 amide bonds. The number of rotatable bonds is 12. The summed E-state index contributed by atoms with van der Waals surface area (Å²) in [5, 5.41) is 22.3. The molecule has 4 rings (SSSR count). The zero-order chi connectivity index (χ0) is 27.7. The van der Waals surface area contributed by atoms with Crippen molar-refractivity contribution in [3.63, 3.8) is 0 Å². The van der Waals surface area contributed by atoms with E-state index in [4.69, 9.17) is 0 Å². The van der Waals surface area contributed by atoms with Crippen molar-refractivity contribution in [2.75, 3.05) is 0 Å². The van der Waals surface area contributed by atoms with Gasteiger partial charge in [-0.2, -0.15) is 0 Å². The first kappa shape index (κ1) is 39.6. The van der Waals surface area contributed by atoms with Crippen molar-refractivity contribution in [3.8, 4) is 0 Å². The molecule has 0 bridgehead atoms. The molecule has 0 radical (unpaired) electrons. The molecular formula is C26H32N4Na2O7S2. The van der Waals surface area contributed by atoms with Gasteiger partial charge in [-0.25, -0.2) is 9.97 Å². The molecule has 4 heterocycles. The Morgan fingerprint density at radius 2 is 1.07 bits per heavy atom. The Labute approximate surface area is 289 Å². The molecule has 0 saturated carbocycles. The Bertz CT molecular complexity index is 1420. The van der Waals surface area contributed by atoms with Gasteiger partial charge in [0.15, 0.2) is 11.6 Å². The van der Waals surface area contributed by atoms with Gasteiger partial charge in [0.25, 0.3) is 11.1 Å². The van der Waals surface area contributed by atoms with E-state index in [-0.39, 0.29) is 64.6 Å². The Morgan fingerprint density at radius 3 is 1.39 bits per heavy atom. The molecular weight excluding hydrogens is 590 g/mol. The van der Waals surface area contributed by atoms with Crippen molar-refractivity contribution in [3.05, 3.63) is 54.2 Å². The number of carbonyl (C=O) groups excluding carboxylic acids is 2. The summed E-state index contributed by atoms with van der Waals surface area (Å²) in [5.74, 6) is -3.73. The van der Waals surface area contributed by atoms with E-state index < -0.39 is 34.7 Å². The fourth-order valence-corrected chi connectivity index (χ4v) is 5.99. The monoisotopic (exact) mass is 622 g/mol. The minimum absolute atomic E-state index is 0. The van der Waals surface area contributed by atoms with Crippen LogP contribution in [-0.2, 0) is 12.8 Å². The van der Waals surface area contributed by atoms with Crippen molar-refractivity contribution in [2.45, 2.75) is 78.1 Å². The topological polar surface area (TPSA) is 203 Å². The number of hydrogen-bond donors (Lipinski definition) is 2. The van der Waals surface area contributed by atoms with E-state index in [0.717, 1.165) is 35.4 Å². The second-order valence-electron chi connectivity index (χ2n) is 8.89. The van der Waals surface area contributed by atoms with Gasteiger partial charge < -0.3 is 35.2 Å². The fraction of sp³-hybridized carbons (Fsp3) is 0.462. The van der Waals surface area contributed by atoms with Crippen LogP contribution in [-0.4, -0.2) is 37.4 Å². The van der Waals surface area contributed by atoms with Gasteiger partial charge in [0.2, 0.25) is 0 Å². The van der Waals surface area contributed by atoms with E-state index in [1.54, 1.807) is 12.1 Å². The third-order valence-corrected chi connectivity index (χ3v) is 8.02. The molecule has 0 saturated heterocycles. The van der Waals surface area contributed by atoms with Crippen molar-refractivity contribution < 1.29 is 84.4 Å². The van der Waals surface area contributed by atoms with Gasteiger partial charge in [-0.15, -0.1) is 22.7 Å². The zero-order valence-corrected chi connectivity index (χ0v) is 29.5. The smallest absolute Gasteiger partial charge is 0.542 e. The van der Waals surface area contributed by atoms with Crippen LogP contribution in [0.4, 0.5) is 0 Å². The molecule has 0 aromatic carbocycles. The predicted molar refractivity (Wildman–Crippen MR) is 148 cm³/mol. The third-order valence-electron chi connectivity index (χ3n) is 5.85. The SMILES string of the molecule is CCCCCCc1cc2c(=O)[nH]c(C(=O)[O-])nc2s1.CCCCCCc1cc2c(=O)[nH]c(C(=O)[O-])nc2s1.O.[Na+].[Na+]. The summed E-state index contributed by atoms with van der Waals surface area (Å²) in [6.07, 6.45) is 11.1. The maximum atomic E-state index is 11.7. The number of aromatic amines is 2. The number of fused-ring (bicyclic) bond motifs is 2. The number of unbranched alkanes of at least 4 members (excludes halogenated alkanes) is 6. The molecule has 11 nitrogen and oxygen atoms in total. The average Bonchev–Trinajstić information content (AvgIpc) is 3.49. The molecule has 0 spiro atoms. The van der Waals surface area contributed by atoms with Gasteiger partial charge in [0.05, 0.1) is 10.8 Å². The van der Waals surface area contributed by atoms with Crippen LogP contribution in [0.2, 0.25) is 0 Å². The summed E-state index contributed by atoms with van der Waals surface area (Å²) in [6, 6.07) is 3.60. The van der Waals surface area contributed by atoms with Gasteiger partial charge in [0.1, 0.15) is 21.6 Å². The number of carbonyl (C=O) groups is 2. The zero-order valence-electron chi connectivity index (χ0n) is 23.9. The van der Waals surface area contributed by atoms with Crippen LogP contribution < -0.4 is 80.4 Å². The maximum absolute atomic E-state index is 11.7. The molecule has 4 aromatic heterocycles. The molecule has 212 valence electrons. The van der Waals surface area contributed by atoms with E-state index in [9.17, 15) is 29.4 Å². The first-order valence-corrected chi connectivity index (χ1v) is 14.3. The van der Waals surface area contributed by atoms with Gasteiger partial charge >= 0.3 is 59.1 Å². The third kappa shape index (κ3) is 11.6. The van der Waals surface area contributed by atoms with Crippen LogP contribution >= 0.6 is 22.7 Å². The number of aromatic carboxylic acids is 2. The number of carboxylic acids is 2. The number of thiophene rings is 2. The second-order valence-corrected chi connectivity index (χ2v) is 11.1. The van der Waals surface area contributed by atoms with Crippen LogP contribution in [0.1, 0.15) is 96.2 Å².